The van der Waals surface area contributed by atoms with Gasteiger partial charge in [-0.25, -0.2) is 4.79 Å². The number of nitrogens with zero attached hydrogens (tertiary/aromatic N) is 3. The van der Waals surface area contributed by atoms with E-state index in [1.807, 2.05) is 6.92 Å². The summed E-state index contributed by atoms with van der Waals surface area (Å²) >= 11 is 1.33. The lowest BCUT2D eigenvalue weighted by molar-refractivity contribution is -0.116. The van der Waals surface area contributed by atoms with Gasteiger partial charge in [0, 0.05) is 24.7 Å². The monoisotopic (exact) mass is 323 g/mol. The van der Waals surface area contributed by atoms with Crippen molar-refractivity contribution in [1.29, 1.82) is 0 Å². The van der Waals surface area contributed by atoms with E-state index >= 15 is 0 Å². The fraction of sp³-hybridized carbons (Fsp3) is 0.462. The fourth-order valence-corrected chi connectivity index (χ4v) is 2.63. The molecule has 0 saturated heterocycles. The van der Waals surface area contributed by atoms with Crippen LogP contribution in [0.5, 0.6) is 0 Å². The molecule has 118 valence electrons. The molecular formula is C13H17N5O3S. The average Bonchev–Trinajstić information content (AvgIpc) is 2.92. The SMILES string of the molecule is CCc1nnc(NC(=O)CCc2c(C)[nH]c(=O)n(C)c2=O)s1. The zero-order chi connectivity index (χ0) is 16.3. The van der Waals surface area contributed by atoms with E-state index in [1.165, 1.54) is 18.4 Å². The molecule has 0 aliphatic heterocycles. The van der Waals surface area contributed by atoms with Gasteiger partial charge >= 0.3 is 5.69 Å². The van der Waals surface area contributed by atoms with Crippen molar-refractivity contribution < 1.29 is 4.79 Å². The number of aromatic amines is 1. The second kappa shape index (κ2) is 6.65. The third-order valence-corrected chi connectivity index (χ3v) is 4.22. The van der Waals surface area contributed by atoms with Crippen LogP contribution in [0.1, 0.15) is 29.6 Å². The highest BCUT2D eigenvalue weighted by Crippen LogP contribution is 2.15. The van der Waals surface area contributed by atoms with Gasteiger partial charge in [0.25, 0.3) is 5.56 Å². The molecule has 2 aromatic heterocycles. The van der Waals surface area contributed by atoms with Gasteiger partial charge in [0.05, 0.1) is 0 Å². The van der Waals surface area contributed by atoms with Crippen molar-refractivity contribution in [3.05, 3.63) is 37.1 Å². The maximum atomic E-state index is 12.0. The number of hydrogen-bond donors (Lipinski definition) is 2. The molecule has 1 amide bonds. The summed E-state index contributed by atoms with van der Waals surface area (Å²) in [4.78, 5) is 37.9. The predicted molar refractivity (Wildman–Crippen MR) is 83.3 cm³/mol. The molecule has 0 radical (unpaired) electrons. The minimum atomic E-state index is -0.461. The molecule has 8 nitrogen and oxygen atoms in total. The van der Waals surface area contributed by atoms with E-state index in [0.717, 1.165) is 16.0 Å². The number of nitrogens with one attached hydrogen (secondary N) is 2. The van der Waals surface area contributed by atoms with Crippen LogP contribution >= 0.6 is 11.3 Å². The van der Waals surface area contributed by atoms with Gasteiger partial charge in [-0.3, -0.25) is 14.2 Å². The number of carbonyl (C=O) groups excluding carboxylic acids is 1. The van der Waals surface area contributed by atoms with Gasteiger partial charge in [0.1, 0.15) is 5.01 Å². The van der Waals surface area contributed by atoms with Gasteiger partial charge in [0.2, 0.25) is 11.0 Å². The molecule has 0 atom stereocenters. The highest BCUT2D eigenvalue weighted by atomic mass is 32.1. The van der Waals surface area contributed by atoms with Gasteiger partial charge in [0.15, 0.2) is 0 Å². The molecule has 9 heteroatoms. The summed E-state index contributed by atoms with van der Waals surface area (Å²) < 4.78 is 0.999. The van der Waals surface area contributed by atoms with E-state index < -0.39 is 5.69 Å². The highest BCUT2D eigenvalue weighted by molar-refractivity contribution is 7.15. The lowest BCUT2D eigenvalue weighted by atomic mass is 10.1. The molecule has 0 aromatic carbocycles. The molecule has 2 aromatic rings. The summed E-state index contributed by atoms with van der Waals surface area (Å²) in [5, 5.41) is 11.7. The largest absolute Gasteiger partial charge is 0.328 e. The Bertz CT molecular complexity index is 805. The molecule has 22 heavy (non-hydrogen) atoms. The zero-order valence-electron chi connectivity index (χ0n) is 12.6. The van der Waals surface area contributed by atoms with E-state index in [-0.39, 0.29) is 24.3 Å². The van der Waals surface area contributed by atoms with Gasteiger partial charge in [-0.2, -0.15) is 0 Å². The van der Waals surface area contributed by atoms with Gasteiger partial charge in [-0.15, -0.1) is 10.2 Å². The Morgan fingerprint density at radius 1 is 1.36 bits per heavy atom. The molecule has 2 N–H and O–H groups in total. The van der Waals surface area contributed by atoms with Crippen LogP contribution in [-0.4, -0.2) is 25.7 Å². The van der Waals surface area contributed by atoms with E-state index in [4.69, 9.17) is 0 Å². The van der Waals surface area contributed by atoms with Gasteiger partial charge < -0.3 is 10.3 Å². The number of aryl methyl sites for hydroxylation is 2. The Balaban J connectivity index is 2.04. The maximum Gasteiger partial charge on any atom is 0.328 e. The Morgan fingerprint density at radius 2 is 2.09 bits per heavy atom. The van der Waals surface area contributed by atoms with Gasteiger partial charge in [-0.1, -0.05) is 18.3 Å². The summed E-state index contributed by atoms with van der Waals surface area (Å²) in [5.74, 6) is -0.244. The van der Waals surface area contributed by atoms with Crippen LogP contribution < -0.4 is 16.6 Å². The van der Waals surface area contributed by atoms with Crippen molar-refractivity contribution in [2.75, 3.05) is 5.32 Å². The zero-order valence-corrected chi connectivity index (χ0v) is 13.4. The van der Waals surface area contributed by atoms with Crippen molar-refractivity contribution in [2.24, 2.45) is 7.05 Å². The molecule has 0 saturated carbocycles. The minimum absolute atomic E-state index is 0.128. The average molecular weight is 323 g/mol. The second-order valence-electron chi connectivity index (χ2n) is 4.80. The van der Waals surface area contributed by atoms with Crippen LogP contribution in [0.25, 0.3) is 0 Å². The fourth-order valence-electron chi connectivity index (χ4n) is 1.94. The van der Waals surface area contributed by atoms with Crippen LogP contribution in [0.2, 0.25) is 0 Å². The Labute approximate surface area is 130 Å². The van der Waals surface area contributed by atoms with Crippen molar-refractivity contribution in [2.45, 2.75) is 33.1 Å². The van der Waals surface area contributed by atoms with Crippen LogP contribution in [0, 0.1) is 6.92 Å². The second-order valence-corrected chi connectivity index (χ2v) is 5.86. The van der Waals surface area contributed by atoms with Crippen molar-refractivity contribution in [3.63, 3.8) is 0 Å². The van der Waals surface area contributed by atoms with Crippen molar-refractivity contribution in [1.82, 2.24) is 19.7 Å². The first-order valence-electron chi connectivity index (χ1n) is 6.83. The number of hydrogen-bond acceptors (Lipinski definition) is 6. The number of carbonyl (C=O) groups is 1. The summed E-state index contributed by atoms with van der Waals surface area (Å²) in [6.45, 7) is 3.61. The van der Waals surface area contributed by atoms with Crippen molar-refractivity contribution in [3.8, 4) is 0 Å². The number of H-pyrrole nitrogens is 1. The first-order valence-corrected chi connectivity index (χ1v) is 7.65. The van der Waals surface area contributed by atoms with Gasteiger partial charge in [-0.05, 0) is 19.8 Å². The smallest absolute Gasteiger partial charge is 0.311 e. The normalized spacial score (nSPS) is 10.7. The molecule has 2 heterocycles. The highest BCUT2D eigenvalue weighted by Gasteiger charge is 2.12. The molecule has 0 bridgehead atoms. The molecule has 0 aliphatic carbocycles. The Morgan fingerprint density at radius 3 is 2.73 bits per heavy atom. The Kier molecular flexibility index (Phi) is 4.86. The topological polar surface area (TPSA) is 110 Å². The summed E-state index contributed by atoms with van der Waals surface area (Å²) in [7, 11) is 1.40. The first-order chi connectivity index (χ1) is 10.4. The predicted octanol–water partition coefficient (Wildman–Crippen LogP) is 0.367. The van der Waals surface area contributed by atoms with E-state index in [0.29, 0.717) is 16.4 Å². The molecule has 0 fully saturated rings. The van der Waals surface area contributed by atoms with Crippen LogP contribution in [-0.2, 0) is 24.7 Å². The maximum absolute atomic E-state index is 12.0. The summed E-state index contributed by atoms with van der Waals surface area (Å²) in [5.41, 5.74) is 0.0868. The molecule has 0 unspecified atom stereocenters. The molecular weight excluding hydrogens is 306 g/mol. The standard InChI is InChI=1S/C13H17N5O3S/c1-4-10-16-17-12(22-10)15-9(19)6-5-8-7(2)14-13(21)18(3)11(8)20/h4-6H2,1-3H3,(H,14,21)(H,15,17,19). The third-order valence-electron chi connectivity index (χ3n) is 3.23. The van der Waals surface area contributed by atoms with Crippen molar-refractivity contribution >= 4 is 22.4 Å². The number of aromatic nitrogens is 4. The number of rotatable bonds is 5. The number of amides is 1. The summed E-state index contributed by atoms with van der Waals surface area (Å²) in [6.07, 6.45) is 1.14. The van der Waals surface area contributed by atoms with Crippen LogP contribution in [0.3, 0.4) is 0 Å². The van der Waals surface area contributed by atoms with Crippen LogP contribution in [0.4, 0.5) is 5.13 Å². The quantitative estimate of drug-likeness (QED) is 0.826. The number of anilines is 1. The third kappa shape index (κ3) is 3.48. The minimum Gasteiger partial charge on any atom is -0.311 e. The van der Waals surface area contributed by atoms with Crippen LogP contribution in [0.15, 0.2) is 9.59 Å². The van der Waals surface area contributed by atoms with E-state index in [1.54, 1.807) is 6.92 Å². The molecule has 0 spiro atoms. The summed E-state index contributed by atoms with van der Waals surface area (Å²) in [6, 6.07) is 0. The first kappa shape index (κ1) is 16.1. The van der Waals surface area contributed by atoms with E-state index in [9.17, 15) is 14.4 Å². The Hall–Kier alpha value is -2.29. The van der Waals surface area contributed by atoms with E-state index in [2.05, 4.69) is 20.5 Å². The molecule has 0 aliphatic rings. The lowest BCUT2D eigenvalue weighted by Gasteiger charge is -2.06. The molecule has 2 rings (SSSR count). The lowest BCUT2D eigenvalue weighted by Crippen LogP contribution is -2.36.